The summed E-state index contributed by atoms with van der Waals surface area (Å²) in [6.45, 7) is 6.26. The summed E-state index contributed by atoms with van der Waals surface area (Å²) >= 11 is 0. The number of hydrogen-bond donors (Lipinski definition) is 2. The molecule has 0 heterocycles. The Bertz CT molecular complexity index is 642. The van der Waals surface area contributed by atoms with E-state index in [1.807, 2.05) is 42.5 Å². The van der Waals surface area contributed by atoms with Crippen LogP contribution in [0, 0.1) is 0 Å². The van der Waals surface area contributed by atoms with E-state index in [-0.39, 0.29) is 11.2 Å². The summed E-state index contributed by atoms with van der Waals surface area (Å²) < 4.78 is 0. The van der Waals surface area contributed by atoms with Gasteiger partial charge in [-0.05, 0) is 22.6 Å². The summed E-state index contributed by atoms with van der Waals surface area (Å²) in [5.74, 6) is -1.02. The van der Waals surface area contributed by atoms with Gasteiger partial charge in [0.05, 0.1) is 5.92 Å². The maximum absolute atomic E-state index is 11.9. The van der Waals surface area contributed by atoms with Gasteiger partial charge in [0.2, 0.25) is 5.91 Å². The highest BCUT2D eigenvalue weighted by atomic mass is 16.3. The number of phenolic OH excluding ortho intramolecular Hbond substituents is 1. The van der Waals surface area contributed by atoms with Crippen LogP contribution in [0.2, 0.25) is 0 Å². The van der Waals surface area contributed by atoms with Crippen LogP contribution in [0.3, 0.4) is 0 Å². The van der Waals surface area contributed by atoms with Crippen molar-refractivity contribution in [3.8, 4) is 5.75 Å². The molecule has 2 aromatic rings. The molecule has 0 aliphatic heterocycles. The number of rotatable bonds is 3. The fourth-order valence-electron chi connectivity index (χ4n) is 2.39. The fourth-order valence-corrected chi connectivity index (χ4v) is 2.39. The van der Waals surface area contributed by atoms with Gasteiger partial charge in [-0.1, -0.05) is 63.2 Å². The van der Waals surface area contributed by atoms with E-state index in [2.05, 4.69) is 20.8 Å². The van der Waals surface area contributed by atoms with Crippen molar-refractivity contribution in [3.05, 3.63) is 65.2 Å². The Morgan fingerprint density at radius 2 is 1.71 bits per heavy atom. The van der Waals surface area contributed by atoms with Crippen molar-refractivity contribution >= 4 is 5.91 Å². The van der Waals surface area contributed by atoms with E-state index >= 15 is 0 Å². The van der Waals surface area contributed by atoms with E-state index in [1.165, 1.54) is 0 Å². The van der Waals surface area contributed by atoms with Gasteiger partial charge in [-0.15, -0.1) is 0 Å². The van der Waals surface area contributed by atoms with E-state index in [9.17, 15) is 9.90 Å². The van der Waals surface area contributed by atoms with Gasteiger partial charge in [-0.25, -0.2) is 0 Å². The Morgan fingerprint density at radius 1 is 1.10 bits per heavy atom. The molecular weight excluding hydrogens is 262 g/mol. The molecule has 3 nitrogen and oxygen atoms in total. The van der Waals surface area contributed by atoms with E-state index in [0.717, 1.165) is 11.1 Å². The lowest BCUT2D eigenvalue weighted by atomic mass is 9.82. The molecular formula is C18H21NO2. The van der Waals surface area contributed by atoms with Crippen LogP contribution in [0.5, 0.6) is 5.75 Å². The van der Waals surface area contributed by atoms with Crippen LogP contribution >= 0.6 is 0 Å². The zero-order valence-electron chi connectivity index (χ0n) is 12.6. The van der Waals surface area contributed by atoms with E-state index in [0.29, 0.717) is 5.56 Å². The van der Waals surface area contributed by atoms with Gasteiger partial charge < -0.3 is 10.8 Å². The Balaban J connectivity index is 2.59. The van der Waals surface area contributed by atoms with Crippen molar-refractivity contribution < 1.29 is 9.90 Å². The smallest absolute Gasteiger partial charge is 0.229 e. The minimum absolute atomic E-state index is 0.0681. The topological polar surface area (TPSA) is 63.3 Å². The maximum Gasteiger partial charge on any atom is 0.229 e. The largest absolute Gasteiger partial charge is 0.508 e. The third kappa shape index (κ3) is 3.24. The van der Waals surface area contributed by atoms with Crippen LogP contribution in [0.1, 0.15) is 43.4 Å². The summed E-state index contributed by atoms with van der Waals surface area (Å²) in [6.07, 6.45) is 0. The second kappa shape index (κ2) is 5.60. The Morgan fingerprint density at radius 3 is 2.24 bits per heavy atom. The van der Waals surface area contributed by atoms with E-state index in [4.69, 9.17) is 5.73 Å². The summed E-state index contributed by atoms with van der Waals surface area (Å²) in [6, 6.07) is 14.7. The first-order valence-electron chi connectivity index (χ1n) is 6.98. The lowest BCUT2D eigenvalue weighted by Crippen LogP contribution is -2.23. The van der Waals surface area contributed by atoms with Crippen LogP contribution in [0.25, 0.3) is 0 Å². The second-order valence-corrected chi connectivity index (χ2v) is 6.27. The van der Waals surface area contributed by atoms with Gasteiger partial charge in [0.25, 0.3) is 0 Å². The number of amides is 1. The lowest BCUT2D eigenvalue weighted by Gasteiger charge is -2.23. The van der Waals surface area contributed by atoms with Crippen molar-refractivity contribution in [3.63, 3.8) is 0 Å². The predicted octanol–water partition coefficient (Wildman–Crippen LogP) is 3.31. The van der Waals surface area contributed by atoms with E-state index < -0.39 is 11.8 Å². The number of hydrogen-bond acceptors (Lipinski definition) is 2. The van der Waals surface area contributed by atoms with Crippen molar-refractivity contribution in [1.29, 1.82) is 0 Å². The summed E-state index contributed by atoms with van der Waals surface area (Å²) in [5, 5.41) is 10.2. The molecule has 110 valence electrons. The molecule has 0 radical (unpaired) electrons. The Kier molecular flexibility index (Phi) is 4.03. The monoisotopic (exact) mass is 283 g/mol. The van der Waals surface area contributed by atoms with Gasteiger partial charge in [0.15, 0.2) is 0 Å². The van der Waals surface area contributed by atoms with Crippen LogP contribution in [0.15, 0.2) is 48.5 Å². The second-order valence-electron chi connectivity index (χ2n) is 6.27. The molecule has 21 heavy (non-hydrogen) atoms. The SMILES string of the molecule is CC(C)(C)c1ccc(O)c(C(C(N)=O)c2ccccc2)c1. The van der Waals surface area contributed by atoms with Gasteiger partial charge in [0.1, 0.15) is 5.75 Å². The number of carbonyl (C=O) groups excluding carboxylic acids is 1. The highest BCUT2D eigenvalue weighted by Gasteiger charge is 2.25. The third-order valence-corrected chi connectivity index (χ3v) is 3.62. The van der Waals surface area contributed by atoms with Crippen LogP contribution in [-0.4, -0.2) is 11.0 Å². The normalized spacial score (nSPS) is 12.9. The standard InChI is InChI=1S/C18H21NO2/c1-18(2,3)13-9-10-15(20)14(11-13)16(17(19)21)12-7-5-4-6-8-12/h4-11,16,20H,1-3H3,(H2,19,21). The predicted molar refractivity (Wildman–Crippen MR) is 84.3 cm³/mol. The molecule has 0 aliphatic rings. The highest BCUT2D eigenvalue weighted by Crippen LogP contribution is 2.34. The number of phenols is 1. The zero-order valence-corrected chi connectivity index (χ0v) is 12.6. The molecule has 1 atom stereocenters. The quantitative estimate of drug-likeness (QED) is 0.907. The number of aromatic hydroxyl groups is 1. The van der Waals surface area contributed by atoms with Crippen LogP contribution < -0.4 is 5.73 Å². The molecule has 0 aromatic heterocycles. The molecule has 0 saturated carbocycles. The molecule has 0 saturated heterocycles. The zero-order chi connectivity index (χ0) is 15.6. The lowest BCUT2D eigenvalue weighted by molar-refractivity contribution is -0.118. The number of nitrogens with two attached hydrogens (primary N) is 1. The molecule has 1 amide bonds. The molecule has 2 aromatic carbocycles. The molecule has 0 spiro atoms. The molecule has 3 N–H and O–H groups in total. The highest BCUT2D eigenvalue weighted by molar-refractivity contribution is 5.86. The molecule has 0 bridgehead atoms. The number of primary amides is 1. The first-order chi connectivity index (χ1) is 9.80. The van der Waals surface area contributed by atoms with Crippen molar-refractivity contribution in [2.75, 3.05) is 0 Å². The van der Waals surface area contributed by atoms with Crippen molar-refractivity contribution in [1.82, 2.24) is 0 Å². The van der Waals surface area contributed by atoms with Crippen LogP contribution in [-0.2, 0) is 10.2 Å². The minimum atomic E-state index is -0.645. The van der Waals surface area contributed by atoms with E-state index in [1.54, 1.807) is 6.07 Å². The molecule has 3 heteroatoms. The molecule has 2 rings (SSSR count). The minimum Gasteiger partial charge on any atom is -0.508 e. The average molecular weight is 283 g/mol. The molecule has 0 fully saturated rings. The number of benzene rings is 2. The first-order valence-corrected chi connectivity index (χ1v) is 6.98. The summed E-state index contributed by atoms with van der Waals surface area (Å²) in [4.78, 5) is 11.9. The Hall–Kier alpha value is -2.29. The fraction of sp³-hybridized carbons (Fsp3) is 0.278. The Labute approximate surface area is 125 Å². The maximum atomic E-state index is 11.9. The molecule has 0 aliphatic carbocycles. The van der Waals surface area contributed by atoms with Gasteiger partial charge in [0, 0.05) is 5.56 Å². The molecule has 1 unspecified atom stereocenters. The van der Waals surface area contributed by atoms with Gasteiger partial charge >= 0.3 is 0 Å². The van der Waals surface area contributed by atoms with Crippen molar-refractivity contribution in [2.45, 2.75) is 32.1 Å². The average Bonchev–Trinajstić information content (AvgIpc) is 2.40. The summed E-state index contributed by atoms with van der Waals surface area (Å²) in [5.41, 5.74) is 7.90. The first kappa shape index (κ1) is 15.1. The third-order valence-electron chi connectivity index (χ3n) is 3.62. The summed E-state index contributed by atoms with van der Waals surface area (Å²) in [7, 11) is 0. The van der Waals surface area contributed by atoms with Crippen molar-refractivity contribution in [2.24, 2.45) is 5.73 Å². The van der Waals surface area contributed by atoms with Crippen LogP contribution in [0.4, 0.5) is 0 Å². The van der Waals surface area contributed by atoms with Gasteiger partial charge in [-0.2, -0.15) is 0 Å². The van der Waals surface area contributed by atoms with Gasteiger partial charge in [-0.3, -0.25) is 4.79 Å². The number of carbonyl (C=O) groups is 1.